The first-order valence-corrected chi connectivity index (χ1v) is 10.0. The molecule has 3 rings (SSSR count). The molecule has 0 saturated heterocycles. The molecular formula is C24H23N3O5. The van der Waals surface area contributed by atoms with Gasteiger partial charge in [0.05, 0.1) is 4.92 Å². The summed E-state index contributed by atoms with van der Waals surface area (Å²) in [5.74, 6) is -0.250. The molecule has 0 saturated carbocycles. The lowest BCUT2D eigenvalue weighted by atomic mass is 10.1. The highest BCUT2D eigenvalue weighted by Gasteiger charge is 2.18. The van der Waals surface area contributed by atoms with Gasteiger partial charge < -0.3 is 15.4 Å². The second kappa shape index (κ2) is 10.7. The van der Waals surface area contributed by atoms with E-state index in [1.807, 2.05) is 54.6 Å². The fourth-order valence-electron chi connectivity index (χ4n) is 2.93. The molecule has 0 radical (unpaired) electrons. The van der Waals surface area contributed by atoms with Crippen LogP contribution in [0.4, 0.5) is 5.69 Å². The van der Waals surface area contributed by atoms with Crippen molar-refractivity contribution >= 4 is 17.5 Å². The summed E-state index contributed by atoms with van der Waals surface area (Å²) in [5.41, 5.74) is 1.83. The molecule has 8 heteroatoms. The van der Waals surface area contributed by atoms with Gasteiger partial charge in [0, 0.05) is 24.2 Å². The second-order valence-corrected chi connectivity index (χ2v) is 7.14. The van der Waals surface area contributed by atoms with Crippen molar-refractivity contribution in [3.63, 3.8) is 0 Å². The third kappa shape index (κ3) is 6.40. The fraction of sp³-hybridized carbons (Fsp3) is 0.167. The summed E-state index contributed by atoms with van der Waals surface area (Å²) in [7, 11) is 0. The molecule has 0 heterocycles. The Balaban J connectivity index is 1.51. The number of ether oxygens (including phenoxy) is 1. The highest BCUT2D eigenvalue weighted by atomic mass is 16.6. The van der Waals surface area contributed by atoms with E-state index in [-0.39, 0.29) is 23.7 Å². The van der Waals surface area contributed by atoms with Crippen LogP contribution in [0.3, 0.4) is 0 Å². The van der Waals surface area contributed by atoms with Crippen LogP contribution in [0.1, 0.15) is 28.4 Å². The van der Waals surface area contributed by atoms with Crippen molar-refractivity contribution < 1.29 is 19.2 Å². The van der Waals surface area contributed by atoms with Gasteiger partial charge in [-0.25, -0.2) is 0 Å². The number of nitro groups is 1. The summed E-state index contributed by atoms with van der Waals surface area (Å²) in [6, 6.07) is 21.7. The topological polar surface area (TPSA) is 111 Å². The van der Waals surface area contributed by atoms with E-state index in [4.69, 9.17) is 4.74 Å². The number of rotatable bonds is 9. The number of benzene rings is 3. The van der Waals surface area contributed by atoms with E-state index in [1.165, 1.54) is 24.3 Å². The van der Waals surface area contributed by atoms with E-state index < -0.39 is 16.9 Å². The smallest absolute Gasteiger partial charge is 0.270 e. The van der Waals surface area contributed by atoms with Crippen molar-refractivity contribution in [1.82, 2.24) is 10.6 Å². The van der Waals surface area contributed by atoms with Gasteiger partial charge in [0.25, 0.3) is 11.6 Å². The molecule has 32 heavy (non-hydrogen) atoms. The number of nitrogens with one attached hydrogen (secondary N) is 2. The molecular weight excluding hydrogens is 410 g/mol. The van der Waals surface area contributed by atoms with E-state index in [9.17, 15) is 19.7 Å². The molecule has 164 valence electrons. The first kappa shape index (κ1) is 22.5. The molecule has 0 aliphatic heterocycles. The van der Waals surface area contributed by atoms with Crippen LogP contribution in [0.15, 0.2) is 78.9 Å². The zero-order chi connectivity index (χ0) is 22.9. The van der Waals surface area contributed by atoms with Crippen LogP contribution in [0, 0.1) is 10.1 Å². The van der Waals surface area contributed by atoms with Crippen molar-refractivity contribution in [3.05, 3.63) is 106 Å². The third-order valence-electron chi connectivity index (χ3n) is 4.67. The molecule has 0 fully saturated rings. The van der Waals surface area contributed by atoms with Gasteiger partial charge in [-0.05, 0) is 36.2 Å². The normalized spacial score (nSPS) is 11.3. The lowest BCUT2D eigenvalue weighted by Gasteiger charge is -2.14. The lowest BCUT2D eigenvalue weighted by molar-refractivity contribution is -0.384. The van der Waals surface area contributed by atoms with Crippen molar-refractivity contribution in [3.8, 4) is 5.75 Å². The maximum Gasteiger partial charge on any atom is 0.270 e. The predicted molar refractivity (Wildman–Crippen MR) is 119 cm³/mol. The minimum absolute atomic E-state index is 0.113. The van der Waals surface area contributed by atoms with Crippen LogP contribution in [0.2, 0.25) is 0 Å². The summed E-state index contributed by atoms with van der Waals surface area (Å²) in [6.07, 6.45) is 0. The van der Waals surface area contributed by atoms with Crippen molar-refractivity contribution in [1.29, 1.82) is 0 Å². The van der Waals surface area contributed by atoms with E-state index >= 15 is 0 Å². The van der Waals surface area contributed by atoms with E-state index in [0.29, 0.717) is 12.4 Å². The van der Waals surface area contributed by atoms with Crippen LogP contribution in [-0.2, 0) is 17.9 Å². The molecule has 0 bridgehead atoms. The maximum absolute atomic E-state index is 12.4. The van der Waals surface area contributed by atoms with Gasteiger partial charge in [0.15, 0.2) is 0 Å². The van der Waals surface area contributed by atoms with Gasteiger partial charge in [0.1, 0.15) is 18.4 Å². The van der Waals surface area contributed by atoms with Crippen molar-refractivity contribution in [2.75, 3.05) is 0 Å². The largest absolute Gasteiger partial charge is 0.489 e. The Morgan fingerprint density at radius 1 is 0.969 bits per heavy atom. The van der Waals surface area contributed by atoms with Crippen LogP contribution < -0.4 is 15.4 Å². The highest BCUT2D eigenvalue weighted by Crippen LogP contribution is 2.16. The third-order valence-corrected chi connectivity index (χ3v) is 4.67. The zero-order valence-electron chi connectivity index (χ0n) is 17.5. The summed E-state index contributed by atoms with van der Waals surface area (Å²) < 4.78 is 5.80. The predicted octanol–water partition coefficient (Wildman–Crippen LogP) is 3.61. The molecule has 3 aromatic rings. The van der Waals surface area contributed by atoms with Crippen LogP contribution in [0.5, 0.6) is 5.75 Å². The number of carbonyl (C=O) groups excluding carboxylic acids is 2. The molecule has 1 atom stereocenters. The van der Waals surface area contributed by atoms with Crippen LogP contribution in [0.25, 0.3) is 0 Å². The summed E-state index contributed by atoms with van der Waals surface area (Å²) in [5, 5.41) is 16.2. The monoisotopic (exact) mass is 433 g/mol. The number of amides is 2. The number of nitrogens with zero attached hydrogens (tertiary/aromatic N) is 1. The second-order valence-electron chi connectivity index (χ2n) is 7.14. The molecule has 0 aliphatic rings. The van der Waals surface area contributed by atoms with E-state index in [2.05, 4.69) is 10.6 Å². The fourth-order valence-corrected chi connectivity index (χ4v) is 2.93. The van der Waals surface area contributed by atoms with Gasteiger partial charge in [-0.1, -0.05) is 48.5 Å². The Morgan fingerprint density at radius 2 is 1.69 bits per heavy atom. The Morgan fingerprint density at radius 3 is 2.44 bits per heavy atom. The van der Waals surface area contributed by atoms with Crippen LogP contribution >= 0.6 is 0 Å². The molecule has 0 aliphatic carbocycles. The number of non-ortho nitro benzene ring substituents is 1. The Labute approximate surface area is 185 Å². The first-order chi connectivity index (χ1) is 15.4. The molecule has 2 amide bonds. The van der Waals surface area contributed by atoms with Crippen molar-refractivity contribution in [2.24, 2.45) is 0 Å². The van der Waals surface area contributed by atoms with Crippen LogP contribution in [-0.4, -0.2) is 22.8 Å². The van der Waals surface area contributed by atoms with Gasteiger partial charge in [0.2, 0.25) is 5.91 Å². The first-order valence-electron chi connectivity index (χ1n) is 10.0. The van der Waals surface area contributed by atoms with Crippen molar-refractivity contribution in [2.45, 2.75) is 26.1 Å². The Kier molecular flexibility index (Phi) is 7.53. The standard InChI is InChI=1S/C24H23N3O5/c1-17(26-24(29)20-10-6-11-21(14-20)27(30)31)23(28)25-15-19-9-5-12-22(13-19)32-16-18-7-3-2-4-8-18/h2-14,17H,15-16H2,1H3,(H,25,28)(H,26,29). The summed E-state index contributed by atoms with van der Waals surface area (Å²) >= 11 is 0. The number of hydrogen-bond donors (Lipinski definition) is 2. The average Bonchev–Trinajstić information content (AvgIpc) is 2.82. The number of carbonyl (C=O) groups is 2. The minimum atomic E-state index is -0.820. The molecule has 1 unspecified atom stereocenters. The van der Waals surface area contributed by atoms with Gasteiger partial charge in [-0.3, -0.25) is 19.7 Å². The van der Waals surface area contributed by atoms with Gasteiger partial charge >= 0.3 is 0 Å². The quantitative estimate of drug-likeness (QED) is 0.396. The summed E-state index contributed by atoms with van der Waals surface area (Å²) in [4.78, 5) is 35.0. The maximum atomic E-state index is 12.4. The molecule has 3 aromatic carbocycles. The lowest BCUT2D eigenvalue weighted by Crippen LogP contribution is -2.44. The summed E-state index contributed by atoms with van der Waals surface area (Å²) in [6.45, 7) is 2.25. The van der Waals surface area contributed by atoms with E-state index in [1.54, 1.807) is 6.92 Å². The molecule has 2 N–H and O–H groups in total. The SMILES string of the molecule is CC(NC(=O)c1cccc([N+](=O)[O-])c1)C(=O)NCc1cccc(OCc2ccccc2)c1. The Bertz CT molecular complexity index is 1100. The molecule has 8 nitrogen and oxygen atoms in total. The highest BCUT2D eigenvalue weighted by molar-refractivity contribution is 5.97. The average molecular weight is 433 g/mol. The zero-order valence-corrected chi connectivity index (χ0v) is 17.5. The molecule has 0 spiro atoms. The van der Waals surface area contributed by atoms with E-state index in [0.717, 1.165) is 11.1 Å². The van der Waals surface area contributed by atoms with Gasteiger partial charge in [-0.15, -0.1) is 0 Å². The number of nitro benzene ring substituents is 1. The van der Waals surface area contributed by atoms with Gasteiger partial charge in [-0.2, -0.15) is 0 Å². The minimum Gasteiger partial charge on any atom is -0.489 e. The number of hydrogen-bond acceptors (Lipinski definition) is 5. The molecule has 0 aromatic heterocycles. The Hall–Kier alpha value is -4.20.